The molecule has 0 atom stereocenters. The normalized spacial score (nSPS) is 11.3. The maximum absolute atomic E-state index is 5.27. The van der Waals surface area contributed by atoms with Crippen LogP contribution in [0.2, 0.25) is 0 Å². The Morgan fingerprint density at radius 2 is 1.89 bits per heavy atom. The number of furan rings is 1. The molecule has 0 aliphatic carbocycles. The topological polar surface area (TPSA) is 13.1 Å². The summed E-state index contributed by atoms with van der Waals surface area (Å²) in [5.41, 5.74) is 0. The molecule has 1 heterocycles. The predicted molar refractivity (Wildman–Crippen MR) is 81.8 cm³/mol. The number of allylic oxidation sites excluding steroid dienone is 4. The molecule has 1 heteroatoms. The van der Waals surface area contributed by atoms with E-state index in [0.717, 1.165) is 37.9 Å². The van der Waals surface area contributed by atoms with Crippen LogP contribution in [-0.2, 0) is 6.42 Å². The van der Waals surface area contributed by atoms with E-state index in [-0.39, 0.29) is 0 Å². The summed E-state index contributed by atoms with van der Waals surface area (Å²) in [4.78, 5) is 0. The lowest BCUT2D eigenvalue weighted by Crippen LogP contribution is -1.77. The van der Waals surface area contributed by atoms with Crippen LogP contribution in [-0.4, -0.2) is 0 Å². The number of hydrogen-bond acceptors (Lipinski definition) is 1. The molecule has 0 spiro atoms. The molecule has 1 rings (SSSR count). The summed E-state index contributed by atoms with van der Waals surface area (Å²) in [6.45, 7) is 0. The second-order valence-electron chi connectivity index (χ2n) is 4.60. The summed E-state index contributed by atoms with van der Waals surface area (Å²) in [5.74, 6) is 3.74. The average molecular weight is 256 g/mol. The van der Waals surface area contributed by atoms with Crippen LogP contribution >= 0.6 is 0 Å². The lowest BCUT2D eigenvalue weighted by Gasteiger charge is -1.93. The highest BCUT2D eigenvalue weighted by molar-refractivity contribution is 5.00. The molecule has 1 aromatic heterocycles. The van der Waals surface area contributed by atoms with Crippen LogP contribution in [0.25, 0.3) is 0 Å². The first-order valence-electron chi connectivity index (χ1n) is 7.19. The van der Waals surface area contributed by atoms with Gasteiger partial charge < -0.3 is 4.42 Å². The maximum Gasteiger partial charge on any atom is 0.104 e. The van der Waals surface area contributed by atoms with Crippen LogP contribution < -0.4 is 0 Å². The highest BCUT2D eigenvalue weighted by atomic mass is 16.3. The molecule has 0 saturated heterocycles. The van der Waals surface area contributed by atoms with Crippen LogP contribution in [0.1, 0.15) is 50.7 Å². The standard InChI is InChI=1S/C18H24O/c1-2-3-4-5-6-7-8-9-10-11-12-13-15-18-16-14-17-19-18/h1,8-9,11-12,14,16-17H,3-7,10,13,15H2/b9-8-,12-11-. The minimum absolute atomic E-state index is 0.919. The zero-order valence-corrected chi connectivity index (χ0v) is 11.7. The zero-order chi connectivity index (χ0) is 13.6. The van der Waals surface area contributed by atoms with Crippen molar-refractivity contribution in [1.82, 2.24) is 0 Å². The molecule has 0 bridgehead atoms. The maximum atomic E-state index is 5.27. The van der Waals surface area contributed by atoms with Gasteiger partial charge in [0, 0.05) is 12.8 Å². The number of hydrogen-bond donors (Lipinski definition) is 0. The Bertz CT molecular complexity index is 390. The summed E-state index contributed by atoms with van der Waals surface area (Å²) in [7, 11) is 0. The highest BCUT2D eigenvalue weighted by Gasteiger charge is 1.91. The van der Waals surface area contributed by atoms with E-state index in [1.54, 1.807) is 6.26 Å². The van der Waals surface area contributed by atoms with Gasteiger partial charge in [0.2, 0.25) is 0 Å². The van der Waals surface area contributed by atoms with E-state index >= 15 is 0 Å². The van der Waals surface area contributed by atoms with Gasteiger partial charge in [-0.15, -0.1) is 12.3 Å². The third kappa shape index (κ3) is 8.97. The predicted octanol–water partition coefficient (Wildman–Crippen LogP) is 5.30. The second kappa shape index (κ2) is 11.4. The molecule has 19 heavy (non-hydrogen) atoms. The molecular formula is C18H24O. The number of unbranched alkanes of at least 4 members (excludes halogenated alkanes) is 4. The molecule has 0 aliphatic heterocycles. The molecule has 0 N–H and O–H groups in total. The summed E-state index contributed by atoms with van der Waals surface area (Å²) < 4.78 is 5.27. The Hall–Kier alpha value is -1.68. The van der Waals surface area contributed by atoms with Crippen molar-refractivity contribution in [3.63, 3.8) is 0 Å². The van der Waals surface area contributed by atoms with Crippen molar-refractivity contribution in [2.24, 2.45) is 0 Å². The van der Waals surface area contributed by atoms with E-state index in [0.29, 0.717) is 0 Å². The Balaban J connectivity index is 1.90. The van der Waals surface area contributed by atoms with Gasteiger partial charge in [0.15, 0.2) is 0 Å². The quantitative estimate of drug-likeness (QED) is 0.314. The third-order valence-corrected chi connectivity index (χ3v) is 2.93. The minimum atomic E-state index is 0.919. The molecule has 1 aromatic rings. The van der Waals surface area contributed by atoms with Crippen molar-refractivity contribution >= 4 is 0 Å². The first-order valence-corrected chi connectivity index (χ1v) is 7.19. The minimum Gasteiger partial charge on any atom is -0.469 e. The van der Waals surface area contributed by atoms with Gasteiger partial charge in [-0.25, -0.2) is 0 Å². The fourth-order valence-electron chi connectivity index (χ4n) is 1.85. The molecule has 0 unspecified atom stereocenters. The molecule has 0 amide bonds. The average Bonchev–Trinajstić information content (AvgIpc) is 2.93. The lowest BCUT2D eigenvalue weighted by molar-refractivity contribution is 0.510. The zero-order valence-electron chi connectivity index (χ0n) is 11.7. The van der Waals surface area contributed by atoms with Gasteiger partial charge in [-0.3, -0.25) is 0 Å². The van der Waals surface area contributed by atoms with Crippen LogP contribution in [0.5, 0.6) is 0 Å². The Kier molecular flexibility index (Phi) is 9.24. The van der Waals surface area contributed by atoms with E-state index < -0.39 is 0 Å². The molecule has 0 fully saturated rings. The number of rotatable bonds is 10. The molecule has 0 aromatic carbocycles. The van der Waals surface area contributed by atoms with E-state index in [9.17, 15) is 0 Å². The van der Waals surface area contributed by atoms with Crippen LogP contribution in [0.4, 0.5) is 0 Å². The van der Waals surface area contributed by atoms with E-state index in [2.05, 4.69) is 30.2 Å². The smallest absolute Gasteiger partial charge is 0.104 e. The first-order chi connectivity index (χ1) is 9.43. The molecular weight excluding hydrogens is 232 g/mol. The Morgan fingerprint density at radius 1 is 1.05 bits per heavy atom. The molecule has 1 nitrogen and oxygen atoms in total. The molecule has 0 radical (unpaired) electrons. The number of terminal acetylenes is 1. The van der Waals surface area contributed by atoms with Crippen molar-refractivity contribution in [3.8, 4) is 12.3 Å². The lowest BCUT2D eigenvalue weighted by atomic mass is 10.1. The van der Waals surface area contributed by atoms with Crippen LogP contribution in [0.3, 0.4) is 0 Å². The first kappa shape index (κ1) is 15.4. The fraction of sp³-hybridized carbons (Fsp3) is 0.444. The van der Waals surface area contributed by atoms with Gasteiger partial charge in [-0.2, -0.15) is 0 Å². The van der Waals surface area contributed by atoms with Crippen molar-refractivity contribution in [2.75, 3.05) is 0 Å². The van der Waals surface area contributed by atoms with E-state index in [1.807, 2.05) is 12.1 Å². The largest absolute Gasteiger partial charge is 0.469 e. The van der Waals surface area contributed by atoms with Gasteiger partial charge >= 0.3 is 0 Å². The number of aryl methyl sites for hydroxylation is 1. The molecule has 102 valence electrons. The molecule has 0 saturated carbocycles. The van der Waals surface area contributed by atoms with E-state index in [4.69, 9.17) is 10.8 Å². The van der Waals surface area contributed by atoms with Gasteiger partial charge in [-0.05, 0) is 44.2 Å². The Morgan fingerprint density at radius 3 is 2.63 bits per heavy atom. The second-order valence-corrected chi connectivity index (χ2v) is 4.60. The third-order valence-electron chi connectivity index (χ3n) is 2.93. The van der Waals surface area contributed by atoms with Crippen molar-refractivity contribution in [3.05, 3.63) is 48.5 Å². The van der Waals surface area contributed by atoms with Gasteiger partial charge in [-0.1, -0.05) is 30.7 Å². The van der Waals surface area contributed by atoms with E-state index in [1.165, 1.54) is 19.3 Å². The van der Waals surface area contributed by atoms with Crippen LogP contribution in [0, 0.1) is 12.3 Å². The van der Waals surface area contributed by atoms with Gasteiger partial charge in [0.05, 0.1) is 6.26 Å². The van der Waals surface area contributed by atoms with Crippen molar-refractivity contribution in [2.45, 2.75) is 51.4 Å². The van der Waals surface area contributed by atoms with Crippen molar-refractivity contribution in [1.29, 1.82) is 0 Å². The Labute approximate surface area is 117 Å². The molecule has 0 aliphatic rings. The van der Waals surface area contributed by atoms with Gasteiger partial charge in [0.25, 0.3) is 0 Å². The van der Waals surface area contributed by atoms with Crippen LogP contribution in [0.15, 0.2) is 47.1 Å². The SMILES string of the molecule is C#CCCCCC/C=C\C/C=C\CCc1ccco1. The summed E-state index contributed by atoms with van der Waals surface area (Å²) in [6.07, 6.45) is 24.7. The highest BCUT2D eigenvalue weighted by Crippen LogP contribution is 2.05. The summed E-state index contributed by atoms with van der Waals surface area (Å²) in [6, 6.07) is 3.96. The summed E-state index contributed by atoms with van der Waals surface area (Å²) in [5, 5.41) is 0. The monoisotopic (exact) mass is 256 g/mol. The van der Waals surface area contributed by atoms with Gasteiger partial charge in [0.1, 0.15) is 5.76 Å². The fourth-order valence-corrected chi connectivity index (χ4v) is 1.85. The van der Waals surface area contributed by atoms with Crippen molar-refractivity contribution < 1.29 is 4.42 Å². The summed E-state index contributed by atoms with van der Waals surface area (Å²) >= 11 is 0.